The van der Waals surface area contributed by atoms with E-state index in [2.05, 4.69) is 0 Å². The normalized spacial score (nSPS) is 10.1. The van der Waals surface area contributed by atoms with Crippen LogP contribution in [0.1, 0.15) is 28.4 Å². The van der Waals surface area contributed by atoms with Gasteiger partial charge in [0.1, 0.15) is 12.4 Å². The maximum Gasteiger partial charge on any atom is 0.160 e. The van der Waals surface area contributed by atoms with Crippen LogP contribution in [0.4, 0.5) is 0 Å². The van der Waals surface area contributed by atoms with Gasteiger partial charge in [0, 0.05) is 11.1 Å². The Bertz CT molecular complexity index is 559. The van der Waals surface area contributed by atoms with Crippen LogP contribution in [0.15, 0.2) is 48.5 Å². The molecule has 0 N–H and O–H groups in total. The SMILES string of the molecule is CC(=O)c1ccccc1COc1ccccc1C. The van der Waals surface area contributed by atoms with Gasteiger partial charge in [-0.2, -0.15) is 0 Å². The van der Waals surface area contributed by atoms with E-state index in [0.717, 1.165) is 22.4 Å². The number of benzene rings is 2. The Kier molecular flexibility index (Phi) is 3.78. The average molecular weight is 240 g/mol. The molecule has 0 atom stereocenters. The number of aryl methyl sites for hydroxylation is 1. The molecule has 2 rings (SSSR count). The van der Waals surface area contributed by atoms with Gasteiger partial charge in [-0.1, -0.05) is 42.5 Å². The minimum Gasteiger partial charge on any atom is -0.489 e. The van der Waals surface area contributed by atoms with Gasteiger partial charge in [0.05, 0.1) is 0 Å². The third kappa shape index (κ3) is 2.77. The minimum atomic E-state index is 0.0685. The fourth-order valence-electron chi connectivity index (χ4n) is 1.86. The molecule has 0 radical (unpaired) electrons. The summed E-state index contributed by atoms with van der Waals surface area (Å²) in [5, 5.41) is 0. The zero-order valence-corrected chi connectivity index (χ0v) is 10.6. The second-order valence-corrected chi connectivity index (χ2v) is 4.27. The predicted octanol–water partition coefficient (Wildman–Crippen LogP) is 3.78. The predicted molar refractivity (Wildman–Crippen MR) is 72.0 cm³/mol. The summed E-state index contributed by atoms with van der Waals surface area (Å²) in [6.45, 7) is 4.00. The van der Waals surface area contributed by atoms with Gasteiger partial charge in [0.15, 0.2) is 5.78 Å². The van der Waals surface area contributed by atoms with Crippen molar-refractivity contribution in [2.75, 3.05) is 0 Å². The molecule has 0 aromatic heterocycles. The van der Waals surface area contributed by atoms with Gasteiger partial charge in [0.25, 0.3) is 0 Å². The Balaban J connectivity index is 2.16. The lowest BCUT2D eigenvalue weighted by Crippen LogP contribution is -2.03. The number of rotatable bonds is 4. The molecule has 2 aromatic carbocycles. The first-order chi connectivity index (χ1) is 8.68. The summed E-state index contributed by atoms with van der Waals surface area (Å²) in [5.74, 6) is 0.926. The van der Waals surface area contributed by atoms with E-state index in [9.17, 15) is 4.79 Å². The zero-order valence-electron chi connectivity index (χ0n) is 10.6. The van der Waals surface area contributed by atoms with Crippen LogP contribution in [0.3, 0.4) is 0 Å². The number of ketones is 1. The number of hydrogen-bond acceptors (Lipinski definition) is 2. The lowest BCUT2D eigenvalue weighted by Gasteiger charge is -2.11. The van der Waals surface area contributed by atoms with E-state index >= 15 is 0 Å². The molecule has 0 aliphatic rings. The number of Topliss-reactive ketones (excluding diaryl/α,β-unsaturated/α-hetero) is 1. The Morgan fingerprint density at radius 2 is 1.72 bits per heavy atom. The third-order valence-electron chi connectivity index (χ3n) is 2.87. The van der Waals surface area contributed by atoms with Crippen molar-refractivity contribution in [3.8, 4) is 5.75 Å². The molecular weight excluding hydrogens is 224 g/mol. The van der Waals surface area contributed by atoms with Crippen molar-refractivity contribution < 1.29 is 9.53 Å². The third-order valence-corrected chi connectivity index (χ3v) is 2.87. The largest absolute Gasteiger partial charge is 0.489 e. The van der Waals surface area contributed by atoms with Crippen molar-refractivity contribution in [2.24, 2.45) is 0 Å². The van der Waals surface area contributed by atoms with Gasteiger partial charge < -0.3 is 4.74 Å². The summed E-state index contributed by atoms with van der Waals surface area (Å²) in [6, 6.07) is 15.4. The highest BCUT2D eigenvalue weighted by molar-refractivity contribution is 5.95. The van der Waals surface area contributed by atoms with E-state index in [4.69, 9.17) is 4.74 Å². The molecule has 0 amide bonds. The van der Waals surface area contributed by atoms with Crippen LogP contribution < -0.4 is 4.74 Å². The molecule has 0 saturated carbocycles. The highest BCUT2D eigenvalue weighted by Gasteiger charge is 2.07. The first kappa shape index (κ1) is 12.4. The molecule has 0 bridgehead atoms. The van der Waals surface area contributed by atoms with E-state index < -0.39 is 0 Å². The molecule has 2 aromatic rings. The van der Waals surface area contributed by atoms with Crippen LogP contribution in [0.5, 0.6) is 5.75 Å². The Morgan fingerprint density at radius 1 is 1.06 bits per heavy atom. The van der Waals surface area contributed by atoms with Crippen LogP contribution >= 0.6 is 0 Å². The number of ether oxygens (including phenoxy) is 1. The molecule has 0 aliphatic carbocycles. The van der Waals surface area contributed by atoms with E-state index in [-0.39, 0.29) is 5.78 Å². The van der Waals surface area contributed by atoms with Crippen molar-refractivity contribution in [1.29, 1.82) is 0 Å². The fourth-order valence-corrected chi connectivity index (χ4v) is 1.86. The molecule has 2 nitrogen and oxygen atoms in total. The number of hydrogen-bond donors (Lipinski definition) is 0. The monoisotopic (exact) mass is 240 g/mol. The molecule has 92 valence electrons. The molecule has 0 saturated heterocycles. The summed E-state index contributed by atoms with van der Waals surface area (Å²) in [6.07, 6.45) is 0. The fraction of sp³-hybridized carbons (Fsp3) is 0.188. The highest BCUT2D eigenvalue weighted by atomic mass is 16.5. The number of carbonyl (C=O) groups excluding carboxylic acids is 1. The van der Waals surface area contributed by atoms with Gasteiger partial charge in [0.2, 0.25) is 0 Å². The number of carbonyl (C=O) groups is 1. The van der Waals surface area contributed by atoms with E-state index in [0.29, 0.717) is 6.61 Å². The molecule has 0 spiro atoms. The molecule has 0 unspecified atom stereocenters. The van der Waals surface area contributed by atoms with Crippen molar-refractivity contribution in [1.82, 2.24) is 0 Å². The average Bonchev–Trinajstić information content (AvgIpc) is 2.38. The van der Waals surface area contributed by atoms with Gasteiger partial charge in [-0.05, 0) is 25.5 Å². The van der Waals surface area contributed by atoms with Crippen LogP contribution in [0, 0.1) is 6.92 Å². The summed E-state index contributed by atoms with van der Waals surface area (Å²) in [4.78, 5) is 11.5. The van der Waals surface area contributed by atoms with Crippen molar-refractivity contribution in [3.05, 3.63) is 65.2 Å². The van der Waals surface area contributed by atoms with Crippen LogP contribution in [-0.4, -0.2) is 5.78 Å². The molecule has 0 fully saturated rings. The van der Waals surface area contributed by atoms with E-state index in [1.54, 1.807) is 6.92 Å². The molecule has 18 heavy (non-hydrogen) atoms. The minimum absolute atomic E-state index is 0.0685. The molecule has 0 heterocycles. The van der Waals surface area contributed by atoms with E-state index in [1.165, 1.54) is 0 Å². The second-order valence-electron chi connectivity index (χ2n) is 4.27. The first-order valence-corrected chi connectivity index (χ1v) is 5.96. The summed E-state index contributed by atoms with van der Waals surface area (Å²) in [5.41, 5.74) is 2.75. The molecule has 0 aliphatic heterocycles. The summed E-state index contributed by atoms with van der Waals surface area (Å²) >= 11 is 0. The van der Waals surface area contributed by atoms with Gasteiger partial charge in [-0.3, -0.25) is 4.79 Å². The van der Waals surface area contributed by atoms with Gasteiger partial charge in [-0.25, -0.2) is 0 Å². The Labute approximate surface area is 107 Å². The summed E-state index contributed by atoms with van der Waals surface area (Å²) < 4.78 is 5.76. The van der Waals surface area contributed by atoms with Crippen LogP contribution in [0.25, 0.3) is 0 Å². The molecule has 2 heteroatoms. The van der Waals surface area contributed by atoms with Crippen LogP contribution in [0.2, 0.25) is 0 Å². The van der Waals surface area contributed by atoms with Gasteiger partial charge in [-0.15, -0.1) is 0 Å². The maximum absolute atomic E-state index is 11.5. The van der Waals surface area contributed by atoms with Gasteiger partial charge >= 0.3 is 0 Å². The second kappa shape index (κ2) is 5.50. The standard InChI is InChI=1S/C16H16O2/c1-12-7-3-6-10-16(12)18-11-14-8-4-5-9-15(14)13(2)17/h3-10H,11H2,1-2H3. The smallest absolute Gasteiger partial charge is 0.160 e. The lowest BCUT2D eigenvalue weighted by atomic mass is 10.1. The van der Waals surface area contributed by atoms with E-state index in [1.807, 2.05) is 55.5 Å². The quantitative estimate of drug-likeness (QED) is 0.760. The Morgan fingerprint density at radius 3 is 2.44 bits per heavy atom. The van der Waals surface area contributed by atoms with Crippen molar-refractivity contribution in [3.63, 3.8) is 0 Å². The topological polar surface area (TPSA) is 26.3 Å². The Hall–Kier alpha value is -2.09. The highest BCUT2D eigenvalue weighted by Crippen LogP contribution is 2.19. The zero-order chi connectivity index (χ0) is 13.0. The van der Waals surface area contributed by atoms with Crippen molar-refractivity contribution in [2.45, 2.75) is 20.5 Å². The maximum atomic E-state index is 11.5. The van der Waals surface area contributed by atoms with Crippen molar-refractivity contribution >= 4 is 5.78 Å². The van der Waals surface area contributed by atoms with Crippen LogP contribution in [-0.2, 0) is 6.61 Å². The summed E-state index contributed by atoms with van der Waals surface area (Å²) in [7, 11) is 0. The lowest BCUT2D eigenvalue weighted by molar-refractivity contribution is 0.101. The first-order valence-electron chi connectivity index (χ1n) is 5.96. The number of para-hydroxylation sites is 1. The molecular formula is C16H16O2.